The van der Waals surface area contributed by atoms with E-state index in [0.717, 1.165) is 15.8 Å². The number of halogens is 3. The summed E-state index contributed by atoms with van der Waals surface area (Å²) in [6.07, 6.45) is 0.656. The van der Waals surface area contributed by atoms with Crippen LogP contribution < -0.4 is 4.74 Å². The van der Waals surface area contributed by atoms with Crippen molar-refractivity contribution in [2.24, 2.45) is 0 Å². The lowest BCUT2D eigenvalue weighted by molar-refractivity contribution is 0.409. The molecule has 1 unspecified atom stereocenters. The Kier molecular flexibility index (Phi) is 4.99. The molecule has 2 aromatic rings. The molecule has 0 saturated carbocycles. The summed E-state index contributed by atoms with van der Waals surface area (Å²) in [6.45, 7) is 0. The highest BCUT2D eigenvalue weighted by Gasteiger charge is 2.17. The molecule has 0 aliphatic heterocycles. The average molecular weight is 388 g/mol. The van der Waals surface area contributed by atoms with Crippen molar-refractivity contribution in [3.05, 3.63) is 63.9 Å². The molecule has 19 heavy (non-hydrogen) atoms. The fourth-order valence-corrected chi connectivity index (χ4v) is 3.72. The SMILES string of the molecule is COc1ccccc1CC(Br)c1c(F)cccc1Br. The van der Waals surface area contributed by atoms with Crippen LogP contribution in [0.2, 0.25) is 0 Å². The number of benzene rings is 2. The van der Waals surface area contributed by atoms with Crippen molar-refractivity contribution < 1.29 is 9.13 Å². The van der Waals surface area contributed by atoms with Gasteiger partial charge in [0.2, 0.25) is 0 Å². The van der Waals surface area contributed by atoms with Gasteiger partial charge in [0, 0.05) is 14.9 Å². The molecule has 1 atom stereocenters. The highest BCUT2D eigenvalue weighted by molar-refractivity contribution is 9.11. The first-order chi connectivity index (χ1) is 9.13. The second-order valence-corrected chi connectivity index (χ2v) is 6.08. The largest absolute Gasteiger partial charge is 0.496 e. The Balaban J connectivity index is 2.28. The van der Waals surface area contributed by atoms with Crippen molar-refractivity contribution in [1.82, 2.24) is 0 Å². The third-order valence-electron chi connectivity index (χ3n) is 2.90. The van der Waals surface area contributed by atoms with Crippen LogP contribution in [0, 0.1) is 5.82 Å². The maximum Gasteiger partial charge on any atom is 0.128 e. The van der Waals surface area contributed by atoms with Crippen LogP contribution in [-0.4, -0.2) is 7.11 Å². The first-order valence-electron chi connectivity index (χ1n) is 5.83. The number of hydrogen-bond donors (Lipinski definition) is 0. The van der Waals surface area contributed by atoms with Crippen LogP contribution >= 0.6 is 31.9 Å². The summed E-state index contributed by atoms with van der Waals surface area (Å²) in [4.78, 5) is -0.112. The van der Waals surface area contributed by atoms with Gasteiger partial charge in [-0.2, -0.15) is 0 Å². The molecule has 100 valence electrons. The van der Waals surface area contributed by atoms with Gasteiger partial charge in [-0.15, -0.1) is 0 Å². The van der Waals surface area contributed by atoms with Crippen LogP contribution in [0.1, 0.15) is 16.0 Å². The molecule has 0 aliphatic carbocycles. The van der Waals surface area contributed by atoms with Gasteiger partial charge in [-0.05, 0) is 30.2 Å². The zero-order valence-corrected chi connectivity index (χ0v) is 13.5. The van der Waals surface area contributed by atoms with Crippen molar-refractivity contribution >= 4 is 31.9 Å². The summed E-state index contributed by atoms with van der Waals surface area (Å²) in [5.74, 6) is 0.602. The van der Waals surface area contributed by atoms with Gasteiger partial charge in [-0.25, -0.2) is 4.39 Å². The van der Waals surface area contributed by atoms with E-state index >= 15 is 0 Å². The van der Waals surface area contributed by atoms with E-state index in [1.807, 2.05) is 30.3 Å². The highest BCUT2D eigenvalue weighted by Crippen LogP contribution is 2.36. The van der Waals surface area contributed by atoms with Gasteiger partial charge in [0.1, 0.15) is 11.6 Å². The molecule has 0 heterocycles. The van der Waals surface area contributed by atoms with Gasteiger partial charge >= 0.3 is 0 Å². The van der Waals surface area contributed by atoms with Crippen LogP contribution in [0.5, 0.6) is 5.75 Å². The third-order valence-corrected chi connectivity index (χ3v) is 4.38. The van der Waals surface area contributed by atoms with Crippen molar-refractivity contribution in [2.75, 3.05) is 7.11 Å². The minimum Gasteiger partial charge on any atom is -0.496 e. The van der Waals surface area contributed by atoms with Gasteiger partial charge in [-0.3, -0.25) is 0 Å². The number of hydrogen-bond acceptors (Lipinski definition) is 1. The Labute approximate surface area is 129 Å². The molecule has 2 aromatic carbocycles. The topological polar surface area (TPSA) is 9.23 Å². The molecule has 4 heteroatoms. The number of methoxy groups -OCH3 is 1. The summed E-state index contributed by atoms with van der Waals surface area (Å²) in [6, 6.07) is 12.8. The summed E-state index contributed by atoms with van der Waals surface area (Å²) >= 11 is 6.96. The number of alkyl halides is 1. The molecule has 0 aromatic heterocycles. The Morgan fingerprint density at radius 3 is 2.58 bits per heavy atom. The van der Waals surface area contributed by atoms with E-state index in [2.05, 4.69) is 31.9 Å². The predicted molar refractivity (Wildman–Crippen MR) is 82.5 cm³/mol. The second-order valence-electron chi connectivity index (χ2n) is 4.12. The molecule has 0 amide bonds. The van der Waals surface area contributed by atoms with E-state index in [9.17, 15) is 4.39 Å². The third kappa shape index (κ3) is 3.37. The van der Waals surface area contributed by atoms with Crippen LogP contribution in [0.15, 0.2) is 46.9 Å². The van der Waals surface area contributed by atoms with E-state index in [1.165, 1.54) is 6.07 Å². The molecular formula is C15H13Br2FO. The predicted octanol–water partition coefficient (Wildman–Crippen LogP) is 5.28. The molecular weight excluding hydrogens is 375 g/mol. The summed E-state index contributed by atoms with van der Waals surface area (Å²) in [7, 11) is 1.64. The smallest absolute Gasteiger partial charge is 0.128 e. The zero-order chi connectivity index (χ0) is 13.8. The average Bonchev–Trinajstić information content (AvgIpc) is 2.39. The zero-order valence-electron chi connectivity index (χ0n) is 10.4. The number of rotatable bonds is 4. The van der Waals surface area contributed by atoms with E-state index in [1.54, 1.807) is 13.2 Å². The summed E-state index contributed by atoms with van der Waals surface area (Å²) in [5, 5.41) is 0. The molecule has 0 aliphatic rings. The standard InChI is InChI=1S/C15H13Br2FO/c1-19-14-8-3-2-5-10(14)9-12(17)15-11(16)6-4-7-13(15)18/h2-8,12H,9H2,1H3. The van der Waals surface area contributed by atoms with Crippen molar-refractivity contribution in [3.8, 4) is 5.75 Å². The van der Waals surface area contributed by atoms with E-state index in [4.69, 9.17) is 4.74 Å². The molecule has 2 rings (SSSR count). The maximum absolute atomic E-state index is 13.9. The number of ether oxygens (including phenoxy) is 1. The molecule has 0 saturated heterocycles. The van der Waals surface area contributed by atoms with E-state index in [-0.39, 0.29) is 10.6 Å². The molecule has 1 nitrogen and oxygen atoms in total. The van der Waals surface area contributed by atoms with Crippen LogP contribution in [0.3, 0.4) is 0 Å². The van der Waals surface area contributed by atoms with Gasteiger partial charge in [0.15, 0.2) is 0 Å². The summed E-state index contributed by atoms with van der Waals surface area (Å²) < 4.78 is 20.0. The van der Waals surface area contributed by atoms with Crippen LogP contribution in [-0.2, 0) is 6.42 Å². The monoisotopic (exact) mass is 386 g/mol. The Bertz CT molecular complexity index is 552. The minimum atomic E-state index is -0.217. The van der Waals surface area contributed by atoms with Crippen molar-refractivity contribution in [3.63, 3.8) is 0 Å². The second kappa shape index (κ2) is 6.53. The Morgan fingerprint density at radius 2 is 1.89 bits per heavy atom. The fraction of sp³-hybridized carbons (Fsp3) is 0.200. The fourth-order valence-electron chi connectivity index (χ4n) is 1.98. The van der Waals surface area contributed by atoms with E-state index < -0.39 is 0 Å². The maximum atomic E-state index is 13.9. The van der Waals surface area contributed by atoms with Crippen LogP contribution in [0.25, 0.3) is 0 Å². The van der Waals surface area contributed by atoms with Gasteiger partial charge in [0.05, 0.1) is 7.11 Å². The normalized spacial score (nSPS) is 12.2. The highest BCUT2D eigenvalue weighted by atomic mass is 79.9. The van der Waals surface area contributed by atoms with Gasteiger partial charge < -0.3 is 4.74 Å². The molecule has 0 N–H and O–H groups in total. The molecule has 0 spiro atoms. The Hall–Kier alpha value is -0.870. The quantitative estimate of drug-likeness (QED) is 0.649. The van der Waals surface area contributed by atoms with Crippen molar-refractivity contribution in [2.45, 2.75) is 11.2 Å². The lowest BCUT2D eigenvalue weighted by atomic mass is 10.0. The Morgan fingerprint density at radius 1 is 1.16 bits per heavy atom. The van der Waals surface area contributed by atoms with E-state index in [0.29, 0.717) is 12.0 Å². The summed E-state index contributed by atoms with van der Waals surface area (Å²) in [5.41, 5.74) is 1.68. The van der Waals surface area contributed by atoms with Gasteiger partial charge in [0.25, 0.3) is 0 Å². The lowest BCUT2D eigenvalue weighted by Gasteiger charge is -2.15. The first-order valence-corrected chi connectivity index (χ1v) is 7.54. The first kappa shape index (κ1) is 14.5. The lowest BCUT2D eigenvalue weighted by Crippen LogP contribution is -2.01. The van der Waals surface area contributed by atoms with Crippen LogP contribution in [0.4, 0.5) is 4.39 Å². The molecule has 0 radical (unpaired) electrons. The number of para-hydroxylation sites is 1. The molecule has 0 bridgehead atoms. The molecule has 0 fully saturated rings. The van der Waals surface area contributed by atoms with Gasteiger partial charge in [-0.1, -0.05) is 56.1 Å². The van der Waals surface area contributed by atoms with Crippen molar-refractivity contribution in [1.29, 1.82) is 0 Å². The minimum absolute atomic E-state index is 0.112.